The Balaban J connectivity index is 1.77. The quantitative estimate of drug-likeness (QED) is 0.642. The van der Waals surface area contributed by atoms with E-state index >= 15 is 0 Å². The number of carbonyl (C=O) groups excluding carboxylic acids is 1. The zero-order valence-corrected chi connectivity index (χ0v) is 14.0. The van der Waals surface area contributed by atoms with Gasteiger partial charge in [-0.05, 0) is 43.7 Å². The smallest absolute Gasteiger partial charge is 0.319 e. The van der Waals surface area contributed by atoms with Crippen LogP contribution in [-0.2, 0) is 0 Å². The Morgan fingerprint density at radius 2 is 2.12 bits per heavy atom. The van der Waals surface area contributed by atoms with Crippen molar-refractivity contribution >= 4 is 23.4 Å². The summed E-state index contributed by atoms with van der Waals surface area (Å²) in [6, 6.07) is -0.342. The van der Waals surface area contributed by atoms with Gasteiger partial charge in [0, 0.05) is 6.54 Å². The van der Waals surface area contributed by atoms with E-state index in [9.17, 15) is 13.6 Å². The number of halogens is 3. The van der Waals surface area contributed by atoms with Crippen molar-refractivity contribution in [2.24, 2.45) is 0 Å². The predicted molar refractivity (Wildman–Crippen MR) is 86.1 cm³/mol. The van der Waals surface area contributed by atoms with Gasteiger partial charge in [0.1, 0.15) is 11.8 Å². The molecule has 2 N–H and O–H groups in total. The highest BCUT2D eigenvalue weighted by molar-refractivity contribution is 6.28. The minimum absolute atomic E-state index is 0.0398. The number of aromatic nitrogens is 2. The van der Waals surface area contributed by atoms with Gasteiger partial charge in [-0.15, -0.1) is 0 Å². The third kappa shape index (κ3) is 3.85. The summed E-state index contributed by atoms with van der Waals surface area (Å²) in [5.74, 6) is -0.675. The van der Waals surface area contributed by atoms with E-state index in [1.807, 2.05) is 0 Å². The van der Waals surface area contributed by atoms with Crippen molar-refractivity contribution in [1.29, 1.82) is 0 Å². The highest BCUT2D eigenvalue weighted by Gasteiger charge is 2.37. The Labute approximate surface area is 144 Å². The third-order valence-electron chi connectivity index (χ3n) is 4.54. The summed E-state index contributed by atoms with van der Waals surface area (Å²) in [4.78, 5) is 21.4. The largest absolute Gasteiger partial charge is 0.345 e. The van der Waals surface area contributed by atoms with Gasteiger partial charge in [0.05, 0.1) is 12.7 Å². The molecule has 2 heterocycles. The fourth-order valence-corrected chi connectivity index (χ4v) is 3.42. The van der Waals surface area contributed by atoms with Gasteiger partial charge in [0.15, 0.2) is 11.6 Å². The van der Waals surface area contributed by atoms with Gasteiger partial charge in [0.25, 0.3) is 0 Å². The average Bonchev–Trinajstić information content (AvgIpc) is 2.98. The van der Waals surface area contributed by atoms with E-state index in [2.05, 4.69) is 20.6 Å². The molecule has 1 saturated heterocycles. The SMILES string of the molecule is O=C(NC1(Nc2nc(Cl)ncc2F)CCCCC1)N1CC[C@@H](F)C1. The van der Waals surface area contributed by atoms with E-state index in [-0.39, 0.29) is 23.7 Å². The second-order valence-corrected chi connectivity index (χ2v) is 6.70. The standard InChI is InChI=1S/C15H20ClF2N5O/c16-13-19-8-11(18)12(20-13)21-15(5-2-1-3-6-15)22-14(24)23-7-4-10(17)9-23/h8,10H,1-7,9H2,(H,22,24)(H,19,20,21)/t10-/m1/s1. The Hall–Kier alpha value is -1.70. The summed E-state index contributed by atoms with van der Waals surface area (Å²) in [7, 11) is 0. The first-order valence-corrected chi connectivity index (χ1v) is 8.53. The van der Waals surface area contributed by atoms with Crippen LogP contribution in [-0.4, -0.2) is 45.8 Å². The first kappa shape index (κ1) is 17.1. The maximum atomic E-state index is 14.0. The molecule has 1 saturated carbocycles. The average molecular weight is 360 g/mol. The summed E-state index contributed by atoms with van der Waals surface area (Å²) in [6.07, 6.45) is 4.44. The highest BCUT2D eigenvalue weighted by atomic mass is 35.5. The Bertz CT molecular complexity index is 612. The van der Waals surface area contributed by atoms with Crippen LogP contribution in [0.2, 0.25) is 5.28 Å². The van der Waals surface area contributed by atoms with Gasteiger partial charge in [-0.1, -0.05) is 6.42 Å². The van der Waals surface area contributed by atoms with Crippen molar-refractivity contribution in [3.05, 3.63) is 17.3 Å². The van der Waals surface area contributed by atoms with Gasteiger partial charge in [-0.2, -0.15) is 4.98 Å². The number of alkyl halides is 1. The summed E-state index contributed by atoms with van der Waals surface area (Å²) in [5.41, 5.74) is -0.817. The normalized spacial score (nSPS) is 23.1. The van der Waals surface area contributed by atoms with Crippen LogP contribution in [0.1, 0.15) is 38.5 Å². The Morgan fingerprint density at radius 3 is 2.79 bits per heavy atom. The molecule has 2 fully saturated rings. The van der Waals surface area contributed by atoms with Crippen molar-refractivity contribution in [3.63, 3.8) is 0 Å². The molecule has 1 aromatic rings. The first-order valence-electron chi connectivity index (χ1n) is 8.15. The number of nitrogens with zero attached hydrogens (tertiary/aromatic N) is 3. The Kier molecular flexibility index (Phi) is 5.03. The van der Waals surface area contributed by atoms with E-state index in [1.165, 1.54) is 4.90 Å². The molecule has 1 aromatic heterocycles. The Morgan fingerprint density at radius 1 is 1.38 bits per heavy atom. The minimum atomic E-state index is -0.982. The molecule has 0 unspecified atom stereocenters. The van der Waals surface area contributed by atoms with Crippen molar-refractivity contribution in [2.45, 2.75) is 50.4 Å². The molecule has 6 nitrogen and oxygen atoms in total. The molecule has 132 valence electrons. The van der Waals surface area contributed by atoms with Gasteiger partial charge in [-0.3, -0.25) is 0 Å². The first-order chi connectivity index (χ1) is 11.5. The molecule has 9 heteroatoms. The van der Waals surface area contributed by atoms with Gasteiger partial charge >= 0.3 is 6.03 Å². The van der Waals surface area contributed by atoms with Crippen LogP contribution in [0.15, 0.2) is 6.20 Å². The second-order valence-electron chi connectivity index (χ2n) is 6.37. The molecular formula is C15H20ClF2N5O. The molecular weight excluding hydrogens is 340 g/mol. The number of hydrogen-bond donors (Lipinski definition) is 2. The lowest BCUT2D eigenvalue weighted by Gasteiger charge is -2.40. The minimum Gasteiger partial charge on any atom is -0.345 e. The molecule has 1 aliphatic carbocycles. The lowest BCUT2D eigenvalue weighted by molar-refractivity contribution is 0.181. The zero-order chi connectivity index (χ0) is 17.2. The van der Waals surface area contributed by atoms with E-state index in [1.54, 1.807) is 0 Å². The third-order valence-corrected chi connectivity index (χ3v) is 4.73. The molecule has 0 aromatic carbocycles. The van der Waals surface area contributed by atoms with Crippen molar-refractivity contribution in [3.8, 4) is 0 Å². The van der Waals surface area contributed by atoms with Crippen LogP contribution in [0.4, 0.5) is 19.4 Å². The van der Waals surface area contributed by atoms with E-state index in [0.29, 0.717) is 25.8 Å². The lowest BCUT2D eigenvalue weighted by atomic mass is 9.89. The molecule has 1 atom stereocenters. The molecule has 0 radical (unpaired) electrons. The number of rotatable bonds is 3. The summed E-state index contributed by atoms with van der Waals surface area (Å²) >= 11 is 5.74. The number of urea groups is 1. The highest BCUT2D eigenvalue weighted by Crippen LogP contribution is 2.30. The maximum Gasteiger partial charge on any atom is 0.319 e. The summed E-state index contributed by atoms with van der Waals surface area (Å²) < 4.78 is 27.3. The molecule has 2 amide bonds. The van der Waals surface area contributed by atoms with Crippen LogP contribution in [0, 0.1) is 5.82 Å². The van der Waals surface area contributed by atoms with E-state index in [4.69, 9.17) is 11.6 Å². The number of hydrogen-bond acceptors (Lipinski definition) is 4. The van der Waals surface area contributed by atoms with Crippen LogP contribution in [0.25, 0.3) is 0 Å². The van der Waals surface area contributed by atoms with E-state index in [0.717, 1.165) is 25.5 Å². The van der Waals surface area contributed by atoms with Crippen molar-refractivity contribution < 1.29 is 13.6 Å². The van der Waals surface area contributed by atoms with Gasteiger partial charge in [0.2, 0.25) is 5.28 Å². The van der Waals surface area contributed by atoms with Gasteiger partial charge < -0.3 is 15.5 Å². The fraction of sp³-hybridized carbons (Fsp3) is 0.667. The number of anilines is 1. The second kappa shape index (κ2) is 7.04. The van der Waals surface area contributed by atoms with Crippen molar-refractivity contribution in [1.82, 2.24) is 20.2 Å². The fourth-order valence-electron chi connectivity index (χ4n) is 3.28. The number of amides is 2. The zero-order valence-electron chi connectivity index (χ0n) is 13.2. The van der Waals surface area contributed by atoms with Crippen LogP contribution in [0.3, 0.4) is 0 Å². The molecule has 3 rings (SSSR count). The monoisotopic (exact) mass is 359 g/mol. The molecule has 2 aliphatic rings. The van der Waals surface area contributed by atoms with E-state index < -0.39 is 17.7 Å². The summed E-state index contributed by atoms with van der Waals surface area (Å²) in [5, 5.41) is 5.86. The molecule has 0 bridgehead atoms. The van der Waals surface area contributed by atoms with Crippen LogP contribution >= 0.6 is 11.6 Å². The predicted octanol–water partition coefficient (Wildman–Crippen LogP) is 3.09. The maximum absolute atomic E-state index is 14.0. The van der Waals surface area contributed by atoms with Crippen LogP contribution in [0.5, 0.6) is 0 Å². The van der Waals surface area contributed by atoms with Crippen molar-refractivity contribution in [2.75, 3.05) is 18.4 Å². The number of carbonyl (C=O) groups is 1. The number of nitrogens with one attached hydrogen (secondary N) is 2. The molecule has 0 spiro atoms. The van der Waals surface area contributed by atoms with Gasteiger partial charge in [-0.25, -0.2) is 18.6 Å². The molecule has 1 aliphatic heterocycles. The van der Waals surface area contributed by atoms with Crippen LogP contribution < -0.4 is 10.6 Å². The molecule has 24 heavy (non-hydrogen) atoms. The number of likely N-dealkylation sites (tertiary alicyclic amines) is 1. The lowest BCUT2D eigenvalue weighted by Crippen LogP contribution is -2.58. The topological polar surface area (TPSA) is 70.1 Å². The summed E-state index contributed by atoms with van der Waals surface area (Å²) in [6.45, 7) is 0.479.